The molecule has 2 saturated carbocycles. The van der Waals surface area contributed by atoms with Gasteiger partial charge in [-0.25, -0.2) is 19.2 Å². The lowest BCUT2D eigenvalue weighted by atomic mass is 9.79. The quantitative estimate of drug-likeness (QED) is 0.0429. The van der Waals surface area contributed by atoms with Crippen molar-refractivity contribution in [3.63, 3.8) is 0 Å². The third-order valence-corrected chi connectivity index (χ3v) is 10.1. The highest BCUT2D eigenvalue weighted by Crippen LogP contribution is 2.35. The number of benzene rings is 2. The average molecular weight is 853 g/mol. The maximum Gasteiger partial charge on any atom is 0.338 e. The van der Waals surface area contributed by atoms with Crippen LogP contribution in [0.4, 0.5) is 0 Å². The molecule has 0 amide bonds. The Morgan fingerprint density at radius 1 is 0.650 bits per heavy atom. The lowest BCUT2D eigenvalue weighted by molar-refractivity contribution is -0.280. The molecular formula is C38H44O22. The number of esters is 3. The monoisotopic (exact) mass is 852 g/mol. The number of ether oxygens (including phenoxy) is 5. The standard InChI is InChI=1S/C38H44O22/c39-18-5-1-16(9-19(18)40)3-7-28(45)58-25-14-38(55,12-22(43)30(25)47)36(53)56-15-26-31(48)32(49)33(50)34(60-26)59-23-6-2-17(10-20(23)41)4-8-27(44)57-24-13-37(54,35(51)52)11-21(42)29(24)46/h1-10,21-22,24-26,29-34,39-43,46-50,54-55H,11-15H2,(H,51,52)/t21-,22-,24-,25-,26-,29-,30-,31-,32+,33-,34-,37+,38+/m1/s1. The third kappa shape index (κ3) is 10.5. The van der Waals surface area contributed by atoms with Crippen LogP contribution in [0.5, 0.6) is 23.0 Å². The zero-order chi connectivity index (χ0) is 44.3. The minimum absolute atomic E-state index is 0.149. The van der Waals surface area contributed by atoms with Gasteiger partial charge in [-0.05, 0) is 47.5 Å². The van der Waals surface area contributed by atoms with Gasteiger partial charge in [0.2, 0.25) is 6.29 Å². The average Bonchev–Trinajstić information content (AvgIpc) is 3.18. The van der Waals surface area contributed by atoms with Crippen molar-refractivity contribution in [1.29, 1.82) is 0 Å². The van der Waals surface area contributed by atoms with E-state index < -0.39 is 152 Å². The van der Waals surface area contributed by atoms with Gasteiger partial charge in [0, 0.05) is 37.8 Å². The van der Waals surface area contributed by atoms with Gasteiger partial charge in [0.15, 0.2) is 34.2 Å². The molecule has 2 aliphatic carbocycles. The zero-order valence-electron chi connectivity index (χ0n) is 31.1. The van der Waals surface area contributed by atoms with Crippen LogP contribution in [-0.4, -0.2) is 175 Å². The molecule has 2 aromatic carbocycles. The summed E-state index contributed by atoms with van der Waals surface area (Å²) < 4.78 is 26.3. The van der Waals surface area contributed by atoms with Crippen molar-refractivity contribution in [2.45, 2.75) is 104 Å². The number of aliphatic carboxylic acids is 1. The third-order valence-electron chi connectivity index (χ3n) is 10.1. The summed E-state index contributed by atoms with van der Waals surface area (Å²) in [5.41, 5.74) is -4.59. The Balaban J connectivity index is 1.17. The second-order valence-corrected chi connectivity index (χ2v) is 14.6. The first-order valence-electron chi connectivity index (χ1n) is 18.2. The van der Waals surface area contributed by atoms with E-state index >= 15 is 0 Å². The van der Waals surface area contributed by atoms with Gasteiger partial charge in [-0.2, -0.15) is 0 Å². The van der Waals surface area contributed by atoms with Crippen molar-refractivity contribution in [2.75, 3.05) is 6.61 Å². The van der Waals surface area contributed by atoms with E-state index in [1.54, 1.807) is 0 Å². The fourth-order valence-electron chi connectivity index (χ4n) is 6.72. The van der Waals surface area contributed by atoms with Crippen molar-refractivity contribution >= 4 is 36.0 Å². The molecule has 60 heavy (non-hydrogen) atoms. The summed E-state index contributed by atoms with van der Waals surface area (Å²) in [5, 5.41) is 133. The molecule has 22 nitrogen and oxygen atoms in total. The first kappa shape index (κ1) is 45.7. The Labute approximate surface area is 338 Å². The van der Waals surface area contributed by atoms with Gasteiger partial charge >= 0.3 is 23.9 Å². The molecule has 328 valence electrons. The van der Waals surface area contributed by atoms with Crippen molar-refractivity contribution < 1.29 is 109 Å². The van der Waals surface area contributed by atoms with Crippen LogP contribution >= 0.6 is 0 Å². The molecule has 1 heterocycles. The molecule has 22 heteroatoms. The van der Waals surface area contributed by atoms with Gasteiger partial charge < -0.3 is 90.1 Å². The highest BCUT2D eigenvalue weighted by atomic mass is 16.7. The number of carbonyl (C=O) groups is 4. The molecule has 13 atom stereocenters. The molecule has 0 bridgehead atoms. The van der Waals surface area contributed by atoms with Crippen molar-refractivity contribution in [1.82, 2.24) is 0 Å². The summed E-state index contributed by atoms with van der Waals surface area (Å²) in [5.74, 6) is -7.12. The number of aromatic hydroxyl groups is 3. The summed E-state index contributed by atoms with van der Waals surface area (Å²) in [7, 11) is 0. The first-order chi connectivity index (χ1) is 28.1. The van der Waals surface area contributed by atoms with E-state index in [0.717, 1.165) is 42.5 Å². The number of aliphatic hydroxyl groups excluding tert-OH is 7. The first-order valence-corrected chi connectivity index (χ1v) is 18.2. The number of rotatable bonds is 12. The molecule has 0 spiro atoms. The van der Waals surface area contributed by atoms with Crippen LogP contribution in [0, 0.1) is 0 Å². The number of carbonyl (C=O) groups excluding carboxylic acids is 3. The summed E-state index contributed by atoms with van der Waals surface area (Å²) >= 11 is 0. The fraction of sp³-hybridized carbons (Fsp3) is 0.474. The Bertz CT molecular complexity index is 1970. The van der Waals surface area contributed by atoms with Crippen LogP contribution in [0.1, 0.15) is 36.8 Å². The summed E-state index contributed by atoms with van der Waals surface area (Å²) in [6.45, 7) is -0.893. The van der Waals surface area contributed by atoms with Crippen LogP contribution < -0.4 is 4.74 Å². The van der Waals surface area contributed by atoms with E-state index in [1.165, 1.54) is 18.2 Å². The maximum atomic E-state index is 13.1. The molecule has 0 unspecified atom stereocenters. The Hall–Kier alpha value is -5.40. The van der Waals surface area contributed by atoms with E-state index in [4.69, 9.17) is 23.7 Å². The van der Waals surface area contributed by atoms with Crippen molar-refractivity contribution in [2.24, 2.45) is 0 Å². The van der Waals surface area contributed by atoms with Crippen LogP contribution in [0.3, 0.4) is 0 Å². The number of phenolic OH excluding ortho intramolecular Hbond substituents is 3. The van der Waals surface area contributed by atoms with Crippen LogP contribution in [-0.2, 0) is 38.1 Å². The minimum Gasteiger partial charge on any atom is -0.504 e. The second-order valence-electron chi connectivity index (χ2n) is 14.6. The number of carboxylic acid groups (broad SMARTS) is 1. The normalized spacial score (nSPS) is 34.5. The van der Waals surface area contributed by atoms with Crippen LogP contribution in [0.2, 0.25) is 0 Å². The topological polar surface area (TPSA) is 377 Å². The van der Waals surface area contributed by atoms with E-state index in [0.29, 0.717) is 0 Å². The molecule has 5 rings (SSSR count). The SMILES string of the molecule is O=C(C=Cc1ccc(O[C@@H]2O[C@H](COC(=O)[C@]3(O)C[C@@H](O)[C@@H](O)[C@H](OC(=O)C=Cc4ccc(O)c(O)c4)C3)[C@@H](O)[C@H](O)[C@H]2O)c(O)c1)O[C@@H]1C[C@](O)(C(=O)O)C[C@@H](O)[C@H]1O. The number of hydrogen-bond donors (Lipinski definition) is 13. The van der Waals surface area contributed by atoms with Gasteiger partial charge in [-0.3, -0.25) is 0 Å². The largest absolute Gasteiger partial charge is 0.504 e. The lowest BCUT2D eigenvalue weighted by Crippen LogP contribution is -2.61. The summed E-state index contributed by atoms with van der Waals surface area (Å²) in [4.78, 5) is 49.4. The molecule has 3 fully saturated rings. The summed E-state index contributed by atoms with van der Waals surface area (Å²) in [6, 6.07) is 7.16. The summed E-state index contributed by atoms with van der Waals surface area (Å²) in [6.07, 6.45) is -18.3. The fourth-order valence-corrected chi connectivity index (χ4v) is 6.72. The van der Waals surface area contributed by atoms with E-state index in [1.807, 2.05) is 0 Å². The van der Waals surface area contributed by atoms with Gasteiger partial charge in [0.05, 0.1) is 12.2 Å². The Morgan fingerprint density at radius 2 is 1.17 bits per heavy atom. The number of carboxylic acids is 1. The van der Waals surface area contributed by atoms with Crippen molar-refractivity contribution in [3.05, 3.63) is 59.7 Å². The van der Waals surface area contributed by atoms with Gasteiger partial charge in [-0.1, -0.05) is 12.1 Å². The number of hydrogen-bond acceptors (Lipinski definition) is 21. The smallest absolute Gasteiger partial charge is 0.338 e. The molecule has 1 aliphatic heterocycles. The minimum atomic E-state index is -2.56. The Kier molecular flexibility index (Phi) is 14.1. The van der Waals surface area contributed by atoms with Crippen LogP contribution in [0.25, 0.3) is 12.2 Å². The van der Waals surface area contributed by atoms with Gasteiger partial charge in [-0.15, -0.1) is 0 Å². The lowest BCUT2D eigenvalue weighted by Gasteiger charge is -2.41. The van der Waals surface area contributed by atoms with E-state index in [-0.39, 0.29) is 16.9 Å². The van der Waals surface area contributed by atoms with E-state index in [9.17, 15) is 85.6 Å². The molecule has 3 aliphatic rings. The molecule has 2 aromatic rings. The van der Waals surface area contributed by atoms with E-state index in [2.05, 4.69) is 0 Å². The van der Waals surface area contributed by atoms with Gasteiger partial charge in [0.1, 0.15) is 55.4 Å². The predicted molar refractivity (Wildman–Crippen MR) is 194 cm³/mol. The molecule has 0 aromatic heterocycles. The molecule has 13 N–H and O–H groups in total. The molecular weight excluding hydrogens is 808 g/mol. The molecule has 0 radical (unpaired) electrons. The number of phenols is 3. The maximum absolute atomic E-state index is 13.1. The predicted octanol–water partition coefficient (Wildman–Crippen LogP) is -3.34. The Morgan fingerprint density at radius 3 is 1.70 bits per heavy atom. The van der Waals surface area contributed by atoms with Gasteiger partial charge in [0.25, 0.3) is 0 Å². The highest BCUT2D eigenvalue weighted by molar-refractivity contribution is 5.88. The molecule has 1 saturated heterocycles. The zero-order valence-corrected chi connectivity index (χ0v) is 31.1. The van der Waals surface area contributed by atoms with Crippen LogP contribution in [0.15, 0.2) is 48.6 Å². The number of aliphatic hydroxyl groups is 9. The second kappa shape index (κ2) is 18.5. The van der Waals surface area contributed by atoms with Crippen molar-refractivity contribution in [3.8, 4) is 23.0 Å². The highest BCUT2D eigenvalue weighted by Gasteiger charge is 2.53.